The summed E-state index contributed by atoms with van der Waals surface area (Å²) in [6.45, 7) is 3.74. The van der Waals surface area contributed by atoms with Crippen molar-refractivity contribution in [1.82, 2.24) is 19.8 Å². The molecule has 34 heavy (non-hydrogen) atoms. The first-order valence-corrected chi connectivity index (χ1v) is 10.8. The van der Waals surface area contributed by atoms with Crippen LogP contribution in [0.5, 0.6) is 11.5 Å². The molecule has 0 atom stereocenters. The molecule has 0 saturated heterocycles. The summed E-state index contributed by atoms with van der Waals surface area (Å²) in [5.41, 5.74) is 4.55. The van der Waals surface area contributed by atoms with Crippen LogP contribution in [-0.2, 0) is 0 Å². The van der Waals surface area contributed by atoms with Crippen LogP contribution in [-0.4, -0.2) is 39.9 Å². The fourth-order valence-corrected chi connectivity index (χ4v) is 4.17. The molecule has 8 heteroatoms. The molecule has 3 aromatic carbocycles. The molecule has 2 aromatic heterocycles. The minimum absolute atomic E-state index is 0.171. The number of hydrogen-bond donors (Lipinski definition) is 1. The van der Waals surface area contributed by atoms with Gasteiger partial charge in [0.05, 0.1) is 36.9 Å². The van der Waals surface area contributed by atoms with Crippen LogP contribution < -0.4 is 14.8 Å². The summed E-state index contributed by atoms with van der Waals surface area (Å²) in [6, 6.07) is 19.5. The SMILES string of the molecule is COc1ccc(OC)c(NC(=O)c2nnc3c(-c4cccc5ccccc45)c(C)nn3c2C)c1. The van der Waals surface area contributed by atoms with E-state index >= 15 is 0 Å². The predicted octanol–water partition coefficient (Wildman–Crippen LogP) is 4.83. The van der Waals surface area contributed by atoms with Crippen LogP contribution in [0.15, 0.2) is 60.7 Å². The predicted molar refractivity (Wildman–Crippen MR) is 131 cm³/mol. The standard InChI is InChI=1S/C26H23N5O3/c1-15-23(20-11-7-9-17-8-5-6-10-19(17)20)25-29-28-24(16(2)31(25)30-15)26(32)27-21-14-18(33-3)12-13-22(21)34-4/h5-14H,1-4H3,(H,27,32). The summed E-state index contributed by atoms with van der Waals surface area (Å²) in [5.74, 6) is 0.684. The molecule has 170 valence electrons. The minimum atomic E-state index is -0.418. The topological polar surface area (TPSA) is 90.6 Å². The third-order valence-corrected chi connectivity index (χ3v) is 5.87. The molecular weight excluding hydrogens is 430 g/mol. The van der Waals surface area contributed by atoms with Gasteiger partial charge in [0.2, 0.25) is 0 Å². The summed E-state index contributed by atoms with van der Waals surface area (Å²) >= 11 is 0. The van der Waals surface area contributed by atoms with Crippen LogP contribution in [0.1, 0.15) is 21.9 Å². The van der Waals surface area contributed by atoms with Crippen molar-refractivity contribution in [2.45, 2.75) is 13.8 Å². The number of nitrogens with one attached hydrogen (secondary N) is 1. The van der Waals surface area contributed by atoms with Gasteiger partial charge in [-0.15, -0.1) is 10.2 Å². The van der Waals surface area contributed by atoms with Gasteiger partial charge in [-0.05, 0) is 42.3 Å². The highest BCUT2D eigenvalue weighted by atomic mass is 16.5. The molecule has 1 amide bonds. The Hall–Kier alpha value is -4.46. The Morgan fingerprint density at radius 3 is 2.53 bits per heavy atom. The van der Waals surface area contributed by atoms with Crippen molar-refractivity contribution in [3.05, 3.63) is 77.7 Å². The maximum absolute atomic E-state index is 13.1. The molecule has 0 fully saturated rings. The van der Waals surface area contributed by atoms with Crippen molar-refractivity contribution >= 4 is 28.0 Å². The van der Waals surface area contributed by atoms with E-state index in [9.17, 15) is 4.79 Å². The molecule has 0 aliphatic rings. The number of methoxy groups -OCH3 is 2. The number of fused-ring (bicyclic) bond motifs is 2. The smallest absolute Gasteiger partial charge is 0.278 e. The number of aromatic nitrogens is 4. The third-order valence-electron chi connectivity index (χ3n) is 5.87. The van der Waals surface area contributed by atoms with Crippen molar-refractivity contribution in [2.24, 2.45) is 0 Å². The number of rotatable bonds is 5. The van der Waals surface area contributed by atoms with Gasteiger partial charge in [0.25, 0.3) is 5.91 Å². The number of aryl methyl sites for hydroxylation is 2. The highest BCUT2D eigenvalue weighted by Gasteiger charge is 2.22. The van der Waals surface area contributed by atoms with Gasteiger partial charge in [-0.25, -0.2) is 4.52 Å². The fraction of sp³-hybridized carbons (Fsp3) is 0.154. The Kier molecular flexibility index (Phi) is 5.33. The average Bonchev–Trinajstić information content (AvgIpc) is 3.20. The molecule has 0 unspecified atom stereocenters. The molecule has 0 aliphatic heterocycles. The highest BCUT2D eigenvalue weighted by molar-refractivity contribution is 6.05. The van der Waals surface area contributed by atoms with Gasteiger partial charge in [0.1, 0.15) is 11.5 Å². The normalized spacial score (nSPS) is 11.1. The number of amides is 1. The Morgan fingerprint density at radius 1 is 0.941 bits per heavy atom. The van der Waals surface area contributed by atoms with E-state index < -0.39 is 5.91 Å². The first-order valence-electron chi connectivity index (χ1n) is 10.8. The summed E-state index contributed by atoms with van der Waals surface area (Å²) in [5, 5.41) is 18.5. The Bertz CT molecular complexity index is 1550. The van der Waals surface area contributed by atoms with Gasteiger partial charge in [-0.2, -0.15) is 5.10 Å². The van der Waals surface area contributed by atoms with Crippen LogP contribution >= 0.6 is 0 Å². The summed E-state index contributed by atoms with van der Waals surface area (Å²) in [7, 11) is 3.10. The van der Waals surface area contributed by atoms with Crippen molar-refractivity contribution in [2.75, 3.05) is 19.5 Å². The lowest BCUT2D eigenvalue weighted by atomic mass is 9.98. The second kappa shape index (κ2) is 8.47. The van der Waals surface area contributed by atoms with Crippen LogP contribution in [0.3, 0.4) is 0 Å². The van der Waals surface area contributed by atoms with Crippen molar-refractivity contribution < 1.29 is 14.3 Å². The monoisotopic (exact) mass is 453 g/mol. The minimum Gasteiger partial charge on any atom is -0.497 e. The molecule has 8 nitrogen and oxygen atoms in total. The average molecular weight is 454 g/mol. The second-order valence-corrected chi connectivity index (χ2v) is 7.88. The lowest BCUT2D eigenvalue weighted by molar-refractivity contribution is 0.101. The van der Waals surface area contributed by atoms with Gasteiger partial charge >= 0.3 is 0 Å². The molecule has 5 aromatic rings. The third kappa shape index (κ3) is 3.49. The maximum atomic E-state index is 13.1. The summed E-state index contributed by atoms with van der Waals surface area (Å²) in [6.07, 6.45) is 0. The van der Waals surface area contributed by atoms with E-state index in [1.807, 2.05) is 25.1 Å². The maximum Gasteiger partial charge on any atom is 0.278 e. The number of benzene rings is 3. The number of carbonyl (C=O) groups excluding carboxylic acids is 1. The zero-order chi connectivity index (χ0) is 23.8. The Balaban J connectivity index is 1.59. The molecule has 0 aliphatic carbocycles. The second-order valence-electron chi connectivity index (χ2n) is 7.88. The zero-order valence-corrected chi connectivity index (χ0v) is 19.3. The fourth-order valence-electron chi connectivity index (χ4n) is 4.17. The number of hydrogen-bond acceptors (Lipinski definition) is 6. The quantitative estimate of drug-likeness (QED) is 0.410. The van der Waals surface area contributed by atoms with Gasteiger partial charge < -0.3 is 14.8 Å². The van der Waals surface area contributed by atoms with Crippen molar-refractivity contribution in [3.8, 4) is 22.6 Å². The van der Waals surface area contributed by atoms with Crippen LogP contribution in [0, 0.1) is 13.8 Å². The lowest BCUT2D eigenvalue weighted by Crippen LogP contribution is -2.19. The van der Waals surface area contributed by atoms with Gasteiger partial charge in [0, 0.05) is 6.07 Å². The van der Waals surface area contributed by atoms with E-state index in [0.29, 0.717) is 28.5 Å². The first kappa shape index (κ1) is 21.4. The highest BCUT2D eigenvalue weighted by Crippen LogP contribution is 2.34. The Morgan fingerprint density at radius 2 is 1.74 bits per heavy atom. The number of nitrogens with zero attached hydrogens (tertiary/aromatic N) is 4. The largest absolute Gasteiger partial charge is 0.497 e. The van der Waals surface area contributed by atoms with E-state index in [-0.39, 0.29) is 5.69 Å². The summed E-state index contributed by atoms with van der Waals surface area (Å²) in [4.78, 5) is 13.1. The van der Waals surface area contributed by atoms with E-state index in [1.165, 1.54) is 7.11 Å². The lowest BCUT2D eigenvalue weighted by Gasteiger charge is -2.12. The summed E-state index contributed by atoms with van der Waals surface area (Å²) < 4.78 is 12.3. The molecule has 0 bridgehead atoms. The molecular formula is C26H23N5O3. The molecule has 0 radical (unpaired) electrons. The first-order chi connectivity index (χ1) is 16.5. The van der Waals surface area contributed by atoms with E-state index in [4.69, 9.17) is 14.6 Å². The number of ether oxygens (including phenoxy) is 2. The van der Waals surface area contributed by atoms with Crippen LogP contribution in [0.25, 0.3) is 27.5 Å². The van der Waals surface area contributed by atoms with Crippen molar-refractivity contribution in [1.29, 1.82) is 0 Å². The zero-order valence-electron chi connectivity index (χ0n) is 19.3. The van der Waals surface area contributed by atoms with Crippen LogP contribution in [0.2, 0.25) is 0 Å². The van der Waals surface area contributed by atoms with E-state index in [2.05, 4.69) is 39.8 Å². The van der Waals surface area contributed by atoms with Gasteiger partial charge in [-0.3, -0.25) is 4.79 Å². The molecule has 2 heterocycles. The number of carbonyl (C=O) groups is 1. The molecule has 0 saturated carbocycles. The number of anilines is 1. The van der Waals surface area contributed by atoms with Crippen molar-refractivity contribution in [3.63, 3.8) is 0 Å². The van der Waals surface area contributed by atoms with E-state index in [0.717, 1.165) is 27.6 Å². The van der Waals surface area contributed by atoms with Gasteiger partial charge in [-0.1, -0.05) is 42.5 Å². The van der Waals surface area contributed by atoms with Crippen LogP contribution in [0.4, 0.5) is 5.69 Å². The Labute approximate surface area is 196 Å². The molecule has 0 spiro atoms. The molecule has 1 N–H and O–H groups in total. The van der Waals surface area contributed by atoms with Gasteiger partial charge in [0.15, 0.2) is 11.3 Å². The molecule has 5 rings (SSSR count). The van der Waals surface area contributed by atoms with E-state index in [1.54, 1.807) is 36.7 Å².